The summed E-state index contributed by atoms with van der Waals surface area (Å²) in [6, 6.07) is 0. The Hall–Kier alpha value is -0.413. The summed E-state index contributed by atoms with van der Waals surface area (Å²) in [5, 5.41) is 0.269. The summed E-state index contributed by atoms with van der Waals surface area (Å²) in [6.45, 7) is 15.9. The van der Waals surface area contributed by atoms with Crippen LogP contribution >= 0.6 is 0 Å². The Balaban J connectivity index is 4.04. The Labute approximate surface area is 114 Å². The van der Waals surface area contributed by atoms with E-state index in [1.165, 1.54) is 0 Å². The molecule has 0 heterocycles. The number of hydrogen-bond acceptors (Lipinski definition) is 2. The van der Waals surface area contributed by atoms with E-state index < -0.39 is 8.32 Å². The van der Waals surface area contributed by atoms with E-state index in [2.05, 4.69) is 52.9 Å². The highest BCUT2D eigenvalue weighted by atomic mass is 28.4. The van der Waals surface area contributed by atoms with Gasteiger partial charge < -0.3 is 9.22 Å². The highest BCUT2D eigenvalue weighted by Gasteiger charge is 2.37. The predicted octanol–water partition coefficient (Wildman–Crippen LogP) is 4.57. The third kappa shape index (κ3) is 7.12. The van der Waals surface area contributed by atoms with Gasteiger partial charge in [-0.25, -0.2) is 0 Å². The molecular weight excluding hydrogens is 240 g/mol. The number of allylic oxidation sites excluding steroid dienone is 1. The molecule has 0 saturated heterocycles. The molecule has 0 aliphatic heterocycles. The molecule has 2 nitrogen and oxygen atoms in total. The molecule has 1 atom stereocenters. The summed E-state index contributed by atoms with van der Waals surface area (Å²) in [6.07, 6.45) is 5.75. The van der Waals surface area contributed by atoms with Crippen LogP contribution in [0.5, 0.6) is 0 Å². The first-order valence-corrected chi connectivity index (χ1v) is 9.77. The van der Waals surface area contributed by atoms with Crippen molar-refractivity contribution in [1.29, 1.82) is 0 Å². The lowest BCUT2D eigenvalue weighted by molar-refractivity contribution is -0.116. The molecule has 0 bridgehead atoms. The summed E-state index contributed by atoms with van der Waals surface area (Å²) >= 11 is 0. The maximum absolute atomic E-state index is 10.8. The van der Waals surface area contributed by atoms with Crippen molar-refractivity contribution in [3.63, 3.8) is 0 Å². The topological polar surface area (TPSA) is 26.3 Å². The van der Waals surface area contributed by atoms with Crippen LogP contribution < -0.4 is 0 Å². The van der Waals surface area contributed by atoms with E-state index in [1.54, 1.807) is 6.92 Å². The summed E-state index contributed by atoms with van der Waals surface area (Å²) < 4.78 is 6.15. The van der Waals surface area contributed by atoms with Gasteiger partial charge in [0.25, 0.3) is 0 Å². The maximum atomic E-state index is 10.8. The van der Waals surface area contributed by atoms with Crippen LogP contribution in [0.25, 0.3) is 0 Å². The van der Waals surface area contributed by atoms with Gasteiger partial charge in [-0.3, -0.25) is 0 Å². The number of Topliss-reactive ketones (excluding diaryl/α,β-unsaturated/α-hetero) is 1. The van der Waals surface area contributed by atoms with Gasteiger partial charge in [-0.1, -0.05) is 39.8 Å². The molecule has 0 aromatic carbocycles. The molecule has 0 fully saturated rings. The van der Waals surface area contributed by atoms with Gasteiger partial charge in [-0.15, -0.1) is 0 Å². The van der Waals surface area contributed by atoms with Gasteiger partial charge >= 0.3 is 0 Å². The first kappa shape index (κ1) is 17.6. The molecule has 0 N–H and O–H groups in total. The van der Waals surface area contributed by atoms with Gasteiger partial charge in [0.05, 0.1) is 0 Å². The van der Waals surface area contributed by atoms with Gasteiger partial charge in [0, 0.05) is 13.0 Å². The van der Waals surface area contributed by atoms with Crippen LogP contribution in [-0.4, -0.2) is 20.7 Å². The second-order valence-corrected chi connectivity index (χ2v) is 11.5. The minimum absolute atomic E-state index is 0.254. The zero-order chi connectivity index (χ0) is 14.4. The van der Waals surface area contributed by atoms with Crippen molar-refractivity contribution >= 4 is 14.1 Å². The molecule has 0 aromatic rings. The number of carbonyl (C=O) groups is 1. The van der Waals surface area contributed by atoms with Gasteiger partial charge in [0.2, 0.25) is 0 Å². The summed E-state index contributed by atoms with van der Waals surface area (Å²) in [4.78, 5) is 10.8. The fourth-order valence-electron chi connectivity index (χ4n) is 1.23. The van der Waals surface area contributed by atoms with Gasteiger partial charge in [0.15, 0.2) is 8.32 Å². The lowest BCUT2D eigenvalue weighted by Gasteiger charge is -2.36. The van der Waals surface area contributed by atoms with Crippen molar-refractivity contribution in [2.75, 3.05) is 6.61 Å². The zero-order valence-corrected chi connectivity index (χ0v) is 14.2. The van der Waals surface area contributed by atoms with E-state index in [0.29, 0.717) is 12.3 Å². The summed E-state index contributed by atoms with van der Waals surface area (Å²) in [7, 11) is -1.62. The zero-order valence-electron chi connectivity index (χ0n) is 13.2. The highest BCUT2D eigenvalue weighted by Crippen LogP contribution is 2.36. The lowest BCUT2D eigenvalue weighted by Crippen LogP contribution is -2.41. The van der Waals surface area contributed by atoms with Crippen molar-refractivity contribution in [2.45, 2.75) is 65.6 Å². The normalized spacial score (nSPS) is 15.1. The highest BCUT2D eigenvalue weighted by molar-refractivity contribution is 6.74. The molecule has 18 heavy (non-hydrogen) atoms. The second-order valence-electron chi connectivity index (χ2n) is 6.72. The van der Waals surface area contributed by atoms with Crippen LogP contribution in [0.1, 0.15) is 47.5 Å². The Morgan fingerprint density at radius 1 is 1.33 bits per heavy atom. The summed E-state index contributed by atoms with van der Waals surface area (Å²) in [5.41, 5.74) is 0. The predicted molar refractivity (Wildman–Crippen MR) is 81.4 cm³/mol. The second kappa shape index (κ2) is 7.24. The Morgan fingerprint density at radius 2 is 1.89 bits per heavy atom. The van der Waals surface area contributed by atoms with Gasteiger partial charge in [0.1, 0.15) is 5.78 Å². The molecule has 0 aliphatic rings. The first-order valence-electron chi connectivity index (χ1n) is 6.86. The van der Waals surface area contributed by atoms with Crippen LogP contribution in [0, 0.1) is 5.92 Å². The van der Waals surface area contributed by atoms with E-state index in [4.69, 9.17) is 4.43 Å². The molecule has 0 saturated carbocycles. The molecule has 0 amide bonds. The largest absolute Gasteiger partial charge is 0.416 e. The number of carbonyl (C=O) groups excluding carboxylic acids is 1. The molecule has 0 aliphatic carbocycles. The number of ketones is 1. The molecule has 106 valence electrons. The van der Waals surface area contributed by atoms with Crippen molar-refractivity contribution in [3.05, 3.63) is 12.2 Å². The van der Waals surface area contributed by atoms with E-state index in [-0.39, 0.29) is 10.8 Å². The Morgan fingerprint density at radius 3 is 2.33 bits per heavy atom. The fourth-order valence-corrected chi connectivity index (χ4v) is 2.34. The maximum Gasteiger partial charge on any atom is 0.192 e. The van der Waals surface area contributed by atoms with Crippen molar-refractivity contribution in [2.24, 2.45) is 5.92 Å². The molecule has 0 aromatic heterocycles. The monoisotopic (exact) mass is 270 g/mol. The standard InChI is InChI=1S/C15H30O2Si/c1-13(10-8-9-11-14(2)16)12-17-18(6,7)15(3,4)5/h8,10,13H,9,11-12H2,1-7H3/b10-8-/t13-/m1/s1. The van der Waals surface area contributed by atoms with Crippen LogP contribution in [0.4, 0.5) is 0 Å². The quantitative estimate of drug-likeness (QED) is 0.500. The van der Waals surface area contributed by atoms with Crippen LogP contribution in [0.15, 0.2) is 12.2 Å². The Kier molecular flexibility index (Phi) is 7.08. The lowest BCUT2D eigenvalue weighted by atomic mass is 10.1. The molecular formula is C15H30O2Si. The number of rotatable bonds is 7. The van der Waals surface area contributed by atoms with Gasteiger partial charge in [-0.05, 0) is 37.4 Å². The van der Waals surface area contributed by atoms with Crippen molar-refractivity contribution in [1.82, 2.24) is 0 Å². The van der Waals surface area contributed by atoms with Crippen LogP contribution in [0.2, 0.25) is 18.1 Å². The minimum Gasteiger partial charge on any atom is -0.416 e. The van der Waals surface area contributed by atoms with Crippen LogP contribution in [0.3, 0.4) is 0 Å². The third-order valence-corrected chi connectivity index (χ3v) is 8.14. The van der Waals surface area contributed by atoms with Crippen LogP contribution in [-0.2, 0) is 9.22 Å². The van der Waals surface area contributed by atoms with E-state index in [9.17, 15) is 4.79 Å². The molecule has 0 radical (unpaired) electrons. The van der Waals surface area contributed by atoms with Crippen molar-refractivity contribution < 1.29 is 9.22 Å². The molecule has 0 unspecified atom stereocenters. The van der Waals surface area contributed by atoms with E-state index in [1.807, 2.05) is 0 Å². The Bertz CT molecular complexity index is 287. The van der Waals surface area contributed by atoms with Crippen molar-refractivity contribution in [3.8, 4) is 0 Å². The third-order valence-electron chi connectivity index (χ3n) is 3.64. The summed E-state index contributed by atoms with van der Waals surface area (Å²) in [5.74, 6) is 0.677. The van der Waals surface area contributed by atoms with Gasteiger partial charge in [-0.2, -0.15) is 0 Å². The molecule has 0 spiro atoms. The number of hydrogen-bond donors (Lipinski definition) is 0. The van der Waals surface area contributed by atoms with E-state index >= 15 is 0 Å². The average molecular weight is 270 g/mol. The molecule has 3 heteroatoms. The average Bonchev–Trinajstić information content (AvgIpc) is 2.19. The molecule has 0 rings (SSSR count). The minimum atomic E-state index is -1.62. The first-order chi connectivity index (χ1) is 8.06. The smallest absolute Gasteiger partial charge is 0.192 e. The van der Waals surface area contributed by atoms with E-state index in [0.717, 1.165) is 13.0 Å². The SMILES string of the molecule is CC(=O)CC/C=C\[C@@H](C)CO[Si](C)(C)C(C)(C)C. The fraction of sp³-hybridized carbons (Fsp3) is 0.800.